The van der Waals surface area contributed by atoms with Gasteiger partial charge in [0, 0.05) is 17.3 Å². The second kappa shape index (κ2) is 9.88. The van der Waals surface area contributed by atoms with Crippen molar-refractivity contribution >= 4 is 22.5 Å². The zero-order chi connectivity index (χ0) is 26.8. The maximum Gasteiger partial charge on any atom is 0.416 e. The zero-order valence-electron chi connectivity index (χ0n) is 19.3. The molecular weight excluding hydrogens is 501 g/mol. The Labute approximate surface area is 206 Å². The van der Waals surface area contributed by atoms with Crippen LogP contribution < -0.4 is 19.5 Å². The van der Waals surface area contributed by atoms with Crippen molar-refractivity contribution in [1.82, 2.24) is 9.97 Å². The highest BCUT2D eigenvalue weighted by Crippen LogP contribution is 2.37. The first kappa shape index (κ1) is 25.6. The van der Waals surface area contributed by atoms with Crippen molar-refractivity contribution in [3.63, 3.8) is 0 Å². The topological polar surface area (TPSA) is 82.6 Å². The van der Waals surface area contributed by atoms with E-state index in [4.69, 9.17) is 14.2 Å². The van der Waals surface area contributed by atoms with E-state index in [1.54, 1.807) is 12.1 Å². The lowest BCUT2D eigenvalue weighted by molar-refractivity contribution is -0.141. The summed E-state index contributed by atoms with van der Waals surface area (Å²) in [5, 5.41) is 2.30. The Morgan fingerprint density at radius 1 is 0.838 bits per heavy atom. The summed E-state index contributed by atoms with van der Waals surface area (Å²) in [5.41, 5.74) is -1.70. The third kappa shape index (κ3) is 5.37. The fraction of sp³-hybridized carbons (Fsp3) is 0.160. The average molecular weight is 519 g/mol. The molecule has 0 aliphatic rings. The molecule has 7 nitrogen and oxygen atoms in total. The SMILES string of the molecule is COc1cc2ncnc(Oc3ccc(C(F)(F)C(=O)Nc4cccc(C(F)(F)F)c4)cc3)c2cc1OC. The first-order valence-electron chi connectivity index (χ1n) is 10.5. The number of methoxy groups -OCH3 is 2. The van der Waals surface area contributed by atoms with E-state index in [9.17, 15) is 26.7 Å². The maximum atomic E-state index is 14.8. The first-order chi connectivity index (χ1) is 17.5. The molecule has 12 heteroatoms. The molecule has 0 saturated heterocycles. The first-order valence-corrected chi connectivity index (χ1v) is 10.5. The van der Waals surface area contributed by atoms with Crippen LogP contribution in [0.4, 0.5) is 27.6 Å². The van der Waals surface area contributed by atoms with E-state index < -0.39 is 34.8 Å². The number of rotatable bonds is 7. The van der Waals surface area contributed by atoms with Gasteiger partial charge in [0.1, 0.15) is 12.1 Å². The van der Waals surface area contributed by atoms with Crippen molar-refractivity contribution < 1.29 is 41.0 Å². The van der Waals surface area contributed by atoms with Gasteiger partial charge in [-0.15, -0.1) is 0 Å². The van der Waals surface area contributed by atoms with Crippen LogP contribution in [0.25, 0.3) is 10.9 Å². The van der Waals surface area contributed by atoms with E-state index >= 15 is 0 Å². The Kier molecular flexibility index (Phi) is 6.84. The summed E-state index contributed by atoms with van der Waals surface area (Å²) in [5.74, 6) is -4.74. The number of aromatic nitrogens is 2. The number of carbonyl (C=O) groups is 1. The smallest absolute Gasteiger partial charge is 0.416 e. The molecule has 37 heavy (non-hydrogen) atoms. The van der Waals surface area contributed by atoms with Gasteiger partial charge in [0.25, 0.3) is 5.91 Å². The van der Waals surface area contributed by atoms with Gasteiger partial charge in [0.05, 0.1) is 30.7 Å². The van der Waals surface area contributed by atoms with Crippen LogP contribution in [0.1, 0.15) is 11.1 Å². The molecule has 0 aliphatic heterocycles. The molecule has 1 N–H and O–H groups in total. The monoisotopic (exact) mass is 519 g/mol. The molecule has 1 aromatic heterocycles. The van der Waals surface area contributed by atoms with Crippen molar-refractivity contribution in [1.29, 1.82) is 0 Å². The Morgan fingerprint density at radius 2 is 1.51 bits per heavy atom. The van der Waals surface area contributed by atoms with Gasteiger partial charge in [-0.1, -0.05) is 6.07 Å². The summed E-state index contributed by atoms with van der Waals surface area (Å²) in [6.45, 7) is 0. The Morgan fingerprint density at radius 3 is 2.16 bits per heavy atom. The molecule has 0 bridgehead atoms. The van der Waals surface area contributed by atoms with Crippen LogP contribution in [-0.2, 0) is 16.9 Å². The van der Waals surface area contributed by atoms with Crippen LogP contribution in [0.15, 0.2) is 67.0 Å². The molecule has 3 aromatic carbocycles. The summed E-state index contributed by atoms with van der Waals surface area (Å²) in [6, 6.07) is 11.0. The summed E-state index contributed by atoms with van der Waals surface area (Å²) in [6.07, 6.45) is -3.44. The number of nitrogens with one attached hydrogen (secondary N) is 1. The number of halogens is 5. The Balaban J connectivity index is 1.54. The van der Waals surface area contributed by atoms with Gasteiger partial charge in [0.2, 0.25) is 5.88 Å². The van der Waals surface area contributed by atoms with E-state index in [0.717, 1.165) is 30.3 Å². The van der Waals surface area contributed by atoms with Gasteiger partial charge in [-0.2, -0.15) is 22.0 Å². The molecule has 1 heterocycles. The fourth-order valence-electron chi connectivity index (χ4n) is 3.40. The van der Waals surface area contributed by atoms with Gasteiger partial charge in [-0.3, -0.25) is 4.79 Å². The fourth-order valence-corrected chi connectivity index (χ4v) is 3.40. The number of nitrogens with zero attached hydrogens (tertiary/aromatic N) is 2. The minimum Gasteiger partial charge on any atom is -0.493 e. The predicted octanol–water partition coefficient (Wildman–Crippen LogP) is 6.19. The van der Waals surface area contributed by atoms with Crippen LogP contribution in [0.2, 0.25) is 0 Å². The molecule has 4 aromatic rings. The number of fused-ring (bicyclic) bond motifs is 1. The molecule has 0 unspecified atom stereocenters. The standard InChI is InChI=1S/C25H18F5N3O4/c1-35-20-11-18-19(12-21(20)36-2)31-13-32-22(18)37-17-8-6-14(7-9-17)24(26,27)23(34)33-16-5-3-4-15(10-16)25(28,29)30/h3-13H,1-2H3,(H,33,34). The second-order valence-electron chi connectivity index (χ2n) is 7.64. The van der Waals surface area contributed by atoms with Crippen LogP contribution >= 0.6 is 0 Å². The highest BCUT2D eigenvalue weighted by atomic mass is 19.4. The molecular formula is C25H18F5N3O4. The zero-order valence-corrected chi connectivity index (χ0v) is 19.3. The minimum absolute atomic E-state index is 0.118. The number of alkyl halides is 5. The number of carbonyl (C=O) groups excluding carboxylic acids is 1. The van der Waals surface area contributed by atoms with Gasteiger partial charge >= 0.3 is 12.1 Å². The van der Waals surface area contributed by atoms with Crippen molar-refractivity contribution in [2.45, 2.75) is 12.1 Å². The molecule has 0 aliphatic carbocycles. The van der Waals surface area contributed by atoms with Crippen molar-refractivity contribution in [2.24, 2.45) is 0 Å². The van der Waals surface area contributed by atoms with Crippen molar-refractivity contribution in [3.8, 4) is 23.1 Å². The van der Waals surface area contributed by atoms with Gasteiger partial charge in [0.15, 0.2) is 11.5 Å². The van der Waals surface area contributed by atoms with Crippen molar-refractivity contribution in [2.75, 3.05) is 19.5 Å². The van der Waals surface area contributed by atoms with E-state index in [1.807, 2.05) is 5.32 Å². The summed E-state index contributed by atoms with van der Waals surface area (Å²) in [7, 11) is 2.93. The summed E-state index contributed by atoms with van der Waals surface area (Å²) in [4.78, 5) is 20.5. The van der Waals surface area contributed by atoms with Gasteiger partial charge in [-0.05, 0) is 48.5 Å². The van der Waals surface area contributed by atoms with Crippen LogP contribution in [0.3, 0.4) is 0 Å². The number of anilines is 1. The highest BCUT2D eigenvalue weighted by molar-refractivity contribution is 5.96. The van der Waals surface area contributed by atoms with E-state index in [2.05, 4.69) is 9.97 Å². The molecule has 1 amide bonds. The predicted molar refractivity (Wildman–Crippen MR) is 123 cm³/mol. The van der Waals surface area contributed by atoms with E-state index in [-0.39, 0.29) is 11.6 Å². The lowest BCUT2D eigenvalue weighted by Crippen LogP contribution is -2.32. The third-order valence-corrected chi connectivity index (χ3v) is 5.27. The summed E-state index contributed by atoms with van der Waals surface area (Å²) < 4.78 is 84.4. The molecule has 0 radical (unpaired) electrons. The Hall–Kier alpha value is -4.48. The Bertz CT molecular complexity index is 1440. The van der Waals surface area contributed by atoms with E-state index in [1.165, 1.54) is 32.7 Å². The molecule has 0 atom stereocenters. The molecule has 4 rings (SSSR count). The number of benzene rings is 3. The molecule has 0 spiro atoms. The normalized spacial score (nSPS) is 11.8. The summed E-state index contributed by atoms with van der Waals surface area (Å²) >= 11 is 0. The van der Waals surface area contributed by atoms with Crippen molar-refractivity contribution in [3.05, 3.63) is 78.1 Å². The second-order valence-corrected chi connectivity index (χ2v) is 7.64. The number of hydrogen-bond acceptors (Lipinski definition) is 6. The minimum atomic E-state index is -4.69. The lowest BCUT2D eigenvalue weighted by Gasteiger charge is -2.17. The van der Waals surface area contributed by atoms with Crippen LogP contribution in [0.5, 0.6) is 23.1 Å². The number of amides is 1. The number of hydrogen-bond donors (Lipinski definition) is 1. The molecule has 0 saturated carbocycles. The number of ether oxygens (including phenoxy) is 3. The third-order valence-electron chi connectivity index (χ3n) is 5.27. The van der Waals surface area contributed by atoms with Gasteiger partial charge < -0.3 is 19.5 Å². The van der Waals surface area contributed by atoms with Crippen LogP contribution in [0, 0.1) is 0 Å². The quantitative estimate of drug-likeness (QED) is 0.293. The average Bonchev–Trinajstić information content (AvgIpc) is 2.88. The highest BCUT2D eigenvalue weighted by Gasteiger charge is 2.41. The molecule has 0 fully saturated rings. The van der Waals surface area contributed by atoms with E-state index in [0.29, 0.717) is 28.5 Å². The maximum absolute atomic E-state index is 14.8. The lowest BCUT2D eigenvalue weighted by atomic mass is 10.1. The molecule has 192 valence electrons. The van der Waals surface area contributed by atoms with Gasteiger partial charge in [-0.25, -0.2) is 9.97 Å². The largest absolute Gasteiger partial charge is 0.493 e. The van der Waals surface area contributed by atoms with Crippen LogP contribution in [-0.4, -0.2) is 30.1 Å².